The Balaban J connectivity index is 1.50. The van der Waals surface area contributed by atoms with E-state index >= 15 is 0 Å². The van der Waals surface area contributed by atoms with Crippen LogP contribution in [-0.2, 0) is 9.59 Å². The standard InChI is InChI=1S/C19H22N4O6/c24-15-4-3-14(17(27)20-15)23-18(28)12-2-1-11(9-13(12)19(23)29)22-7-5-21(6-8-22)10-16(25)26/h1-2,9,14,16,25-26H,3-8,10H2,(H,20,24,27). The molecule has 10 heteroatoms. The average Bonchev–Trinajstić information content (AvgIpc) is 2.92. The first-order valence-electron chi connectivity index (χ1n) is 9.54. The molecule has 0 saturated carbocycles. The van der Waals surface area contributed by atoms with Gasteiger partial charge >= 0.3 is 0 Å². The third-order valence-corrected chi connectivity index (χ3v) is 5.58. The van der Waals surface area contributed by atoms with Crippen LogP contribution in [-0.4, -0.2) is 88.7 Å². The fourth-order valence-corrected chi connectivity index (χ4v) is 4.08. The third-order valence-electron chi connectivity index (χ3n) is 5.58. The van der Waals surface area contributed by atoms with Gasteiger partial charge in [0.25, 0.3) is 11.8 Å². The summed E-state index contributed by atoms with van der Waals surface area (Å²) < 4.78 is 0. The number of nitrogens with one attached hydrogen (secondary N) is 1. The minimum Gasteiger partial charge on any atom is -0.369 e. The van der Waals surface area contributed by atoms with E-state index < -0.39 is 36.0 Å². The summed E-state index contributed by atoms with van der Waals surface area (Å²) in [4.78, 5) is 54.1. The zero-order chi connectivity index (χ0) is 20.7. The van der Waals surface area contributed by atoms with Gasteiger partial charge in [0.15, 0.2) is 6.29 Å². The van der Waals surface area contributed by atoms with Gasteiger partial charge in [0, 0.05) is 44.8 Å². The summed E-state index contributed by atoms with van der Waals surface area (Å²) in [6.07, 6.45) is -1.16. The number of amides is 4. The number of fused-ring (bicyclic) bond motifs is 1. The Hall–Kier alpha value is -2.82. The van der Waals surface area contributed by atoms with Crippen LogP contribution in [0.3, 0.4) is 0 Å². The second-order valence-electron chi connectivity index (χ2n) is 7.45. The SMILES string of the molecule is O=C1CCC(N2C(=O)c3ccc(N4CCN(CC(O)O)CC4)cc3C2=O)C(=O)N1. The summed E-state index contributed by atoms with van der Waals surface area (Å²) in [5, 5.41) is 20.4. The number of carbonyl (C=O) groups excluding carboxylic acids is 4. The molecule has 154 valence electrons. The number of anilines is 1. The second-order valence-corrected chi connectivity index (χ2v) is 7.45. The summed E-state index contributed by atoms with van der Waals surface area (Å²) in [6.45, 7) is 2.76. The van der Waals surface area contributed by atoms with Crippen molar-refractivity contribution in [3.63, 3.8) is 0 Å². The Morgan fingerprint density at radius 2 is 1.69 bits per heavy atom. The molecule has 1 aromatic rings. The van der Waals surface area contributed by atoms with Gasteiger partial charge in [0.2, 0.25) is 11.8 Å². The number of benzene rings is 1. The summed E-state index contributed by atoms with van der Waals surface area (Å²) in [5.74, 6) is -2.08. The van der Waals surface area contributed by atoms with E-state index in [4.69, 9.17) is 10.2 Å². The van der Waals surface area contributed by atoms with Crippen LogP contribution in [0.1, 0.15) is 33.6 Å². The number of aliphatic hydroxyl groups excluding tert-OH is 1. The number of nitrogens with zero attached hydrogens (tertiary/aromatic N) is 3. The largest absolute Gasteiger partial charge is 0.369 e. The molecule has 0 radical (unpaired) electrons. The van der Waals surface area contributed by atoms with Gasteiger partial charge in [0.05, 0.1) is 11.1 Å². The lowest BCUT2D eigenvalue weighted by atomic mass is 10.0. The van der Waals surface area contributed by atoms with Gasteiger partial charge in [-0.1, -0.05) is 0 Å². The molecule has 0 bridgehead atoms. The lowest BCUT2D eigenvalue weighted by molar-refractivity contribution is -0.136. The van der Waals surface area contributed by atoms with Gasteiger partial charge in [-0.3, -0.25) is 34.3 Å². The van der Waals surface area contributed by atoms with Crippen molar-refractivity contribution in [3.05, 3.63) is 29.3 Å². The highest BCUT2D eigenvalue weighted by atomic mass is 16.5. The Kier molecular flexibility index (Phi) is 5.07. The molecular weight excluding hydrogens is 380 g/mol. The maximum atomic E-state index is 12.9. The normalized spacial score (nSPS) is 23.1. The highest BCUT2D eigenvalue weighted by Crippen LogP contribution is 2.31. The highest BCUT2D eigenvalue weighted by Gasteiger charge is 2.44. The Morgan fingerprint density at radius 1 is 1.00 bits per heavy atom. The molecule has 1 unspecified atom stereocenters. The number of aliphatic hydroxyl groups is 2. The van der Waals surface area contributed by atoms with E-state index in [1.807, 2.05) is 4.90 Å². The van der Waals surface area contributed by atoms with E-state index in [1.165, 1.54) is 0 Å². The number of piperidine rings is 1. The van der Waals surface area contributed by atoms with E-state index in [9.17, 15) is 19.2 Å². The average molecular weight is 402 g/mol. The zero-order valence-corrected chi connectivity index (χ0v) is 15.7. The molecule has 29 heavy (non-hydrogen) atoms. The predicted octanol–water partition coefficient (Wildman–Crippen LogP) is -1.48. The van der Waals surface area contributed by atoms with Crippen LogP contribution in [0.4, 0.5) is 5.69 Å². The van der Waals surface area contributed by atoms with Crippen molar-refractivity contribution in [3.8, 4) is 0 Å². The first kappa shape index (κ1) is 19.5. The van der Waals surface area contributed by atoms with Crippen molar-refractivity contribution >= 4 is 29.3 Å². The first-order chi connectivity index (χ1) is 13.8. The third kappa shape index (κ3) is 3.61. The van der Waals surface area contributed by atoms with E-state index in [1.54, 1.807) is 18.2 Å². The van der Waals surface area contributed by atoms with Crippen molar-refractivity contribution in [1.82, 2.24) is 15.1 Å². The molecule has 4 amide bonds. The maximum Gasteiger partial charge on any atom is 0.262 e. The first-order valence-corrected chi connectivity index (χ1v) is 9.54. The lowest BCUT2D eigenvalue weighted by Gasteiger charge is -2.36. The van der Waals surface area contributed by atoms with Crippen molar-refractivity contribution in [2.45, 2.75) is 25.2 Å². The number of imide groups is 2. The molecule has 2 saturated heterocycles. The van der Waals surface area contributed by atoms with Crippen molar-refractivity contribution < 1.29 is 29.4 Å². The van der Waals surface area contributed by atoms with Crippen LogP contribution in [0.15, 0.2) is 18.2 Å². The molecule has 10 nitrogen and oxygen atoms in total. The Bertz CT molecular complexity index is 877. The summed E-state index contributed by atoms with van der Waals surface area (Å²) >= 11 is 0. The maximum absolute atomic E-state index is 12.9. The van der Waals surface area contributed by atoms with Crippen molar-refractivity contribution in [2.75, 3.05) is 37.6 Å². The van der Waals surface area contributed by atoms with Gasteiger partial charge < -0.3 is 15.1 Å². The molecule has 3 N–H and O–H groups in total. The molecule has 0 aromatic heterocycles. The predicted molar refractivity (Wildman–Crippen MR) is 100.0 cm³/mol. The molecule has 2 fully saturated rings. The molecule has 3 aliphatic rings. The topological polar surface area (TPSA) is 130 Å². The molecule has 1 aromatic carbocycles. The van der Waals surface area contributed by atoms with Crippen molar-refractivity contribution in [2.24, 2.45) is 0 Å². The molecule has 0 spiro atoms. The van der Waals surface area contributed by atoms with E-state index in [-0.39, 0.29) is 30.5 Å². The van der Waals surface area contributed by atoms with Gasteiger partial charge in [0.1, 0.15) is 6.04 Å². The summed E-state index contributed by atoms with van der Waals surface area (Å²) in [7, 11) is 0. The van der Waals surface area contributed by atoms with E-state index in [2.05, 4.69) is 10.2 Å². The molecule has 0 aliphatic carbocycles. The van der Waals surface area contributed by atoms with Crippen LogP contribution in [0.5, 0.6) is 0 Å². The molecule has 4 rings (SSSR count). The van der Waals surface area contributed by atoms with E-state index in [0.29, 0.717) is 26.2 Å². The second kappa shape index (κ2) is 7.54. The van der Waals surface area contributed by atoms with Gasteiger partial charge in [-0.25, -0.2) is 0 Å². The van der Waals surface area contributed by atoms with Gasteiger partial charge in [-0.15, -0.1) is 0 Å². The van der Waals surface area contributed by atoms with Crippen LogP contribution in [0.2, 0.25) is 0 Å². The fraction of sp³-hybridized carbons (Fsp3) is 0.474. The number of β-amino-alcohol motifs (C(OH)–C–C–N with tert-alkyl or cyclic N) is 2. The zero-order valence-electron chi connectivity index (χ0n) is 15.7. The van der Waals surface area contributed by atoms with Crippen LogP contribution < -0.4 is 10.2 Å². The summed E-state index contributed by atoms with van der Waals surface area (Å²) in [6, 6.07) is 4.06. The molecule has 1 atom stereocenters. The molecule has 3 aliphatic heterocycles. The minimum atomic E-state index is -1.37. The van der Waals surface area contributed by atoms with Crippen LogP contribution in [0.25, 0.3) is 0 Å². The number of hydrogen-bond acceptors (Lipinski definition) is 8. The van der Waals surface area contributed by atoms with Crippen LogP contribution >= 0.6 is 0 Å². The smallest absolute Gasteiger partial charge is 0.262 e. The van der Waals surface area contributed by atoms with Gasteiger partial charge in [-0.05, 0) is 24.6 Å². The summed E-state index contributed by atoms with van der Waals surface area (Å²) in [5.41, 5.74) is 1.30. The monoisotopic (exact) mass is 402 g/mol. The lowest BCUT2D eigenvalue weighted by Crippen LogP contribution is -2.54. The number of carbonyl (C=O) groups is 4. The molecular formula is C19H22N4O6. The van der Waals surface area contributed by atoms with Crippen molar-refractivity contribution in [1.29, 1.82) is 0 Å². The highest BCUT2D eigenvalue weighted by molar-refractivity contribution is 6.23. The quantitative estimate of drug-likeness (QED) is 0.411. The number of piperazine rings is 1. The molecule has 3 heterocycles. The fourth-order valence-electron chi connectivity index (χ4n) is 4.08. The van der Waals surface area contributed by atoms with Crippen LogP contribution in [0, 0.1) is 0 Å². The number of rotatable bonds is 4. The minimum absolute atomic E-state index is 0.0852. The van der Waals surface area contributed by atoms with Gasteiger partial charge in [-0.2, -0.15) is 0 Å². The van der Waals surface area contributed by atoms with E-state index in [0.717, 1.165) is 10.6 Å². The Labute approximate surface area is 166 Å². The number of hydrogen-bond donors (Lipinski definition) is 3. The Morgan fingerprint density at radius 3 is 2.34 bits per heavy atom.